The van der Waals surface area contributed by atoms with E-state index in [1.54, 1.807) is 6.08 Å². The largest absolute Gasteiger partial charge is 0.463 e. The van der Waals surface area contributed by atoms with Gasteiger partial charge in [0.2, 0.25) is 0 Å². The van der Waals surface area contributed by atoms with Crippen molar-refractivity contribution in [3.8, 4) is 0 Å². The number of carbonyl (C=O) groups is 8. The average Bonchev–Trinajstić information content (AvgIpc) is 3.21. The number of aliphatic hydroxyl groups excluding tert-OH is 1. The maximum atomic E-state index is 12.2. The van der Waals surface area contributed by atoms with E-state index < -0.39 is 113 Å². The van der Waals surface area contributed by atoms with Gasteiger partial charge in [-0.1, -0.05) is 6.08 Å². The first-order valence-electron chi connectivity index (χ1n) is 21.0. The first-order chi connectivity index (χ1) is 31.2. The quantitative estimate of drug-likeness (QED) is 0.0482. The second-order valence-electron chi connectivity index (χ2n) is 15.2. The van der Waals surface area contributed by atoms with E-state index >= 15 is 0 Å². The number of hydrogen-bond acceptors (Lipinski definition) is 24. The van der Waals surface area contributed by atoms with Crippen molar-refractivity contribution in [2.75, 3.05) is 71.0 Å². The van der Waals surface area contributed by atoms with Crippen molar-refractivity contribution in [2.45, 2.75) is 128 Å². The molecule has 0 unspecified atom stereocenters. The number of hydrogen-bond donors (Lipinski definition) is 1. The van der Waals surface area contributed by atoms with Gasteiger partial charge in [-0.2, -0.15) is 0 Å². The molecule has 1 N–H and O–H groups in total. The van der Waals surface area contributed by atoms with Crippen LogP contribution in [0.5, 0.6) is 0 Å². The molecule has 0 aromatic rings. The fraction of sp³-hybridized carbons (Fsp3) is 0.762. The van der Waals surface area contributed by atoms with Gasteiger partial charge in [0.1, 0.15) is 36.3 Å². The van der Waals surface area contributed by atoms with E-state index in [0.717, 1.165) is 41.5 Å². The summed E-state index contributed by atoms with van der Waals surface area (Å²) >= 11 is 2.40. The van der Waals surface area contributed by atoms with Gasteiger partial charge in [-0.25, -0.2) is 0 Å². The molecule has 0 bridgehead atoms. The van der Waals surface area contributed by atoms with E-state index in [1.165, 1.54) is 37.4 Å². The number of rotatable bonds is 29. The molecule has 376 valence electrons. The van der Waals surface area contributed by atoms with Gasteiger partial charge in [0.05, 0.1) is 38.4 Å². The van der Waals surface area contributed by atoms with Crippen molar-refractivity contribution in [1.29, 1.82) is 0 Å². The van der Waals surface area contributed by atoms with Gasteiger partial charge >= 0.3 is 47.8 Å². The maximum absolute atomic E-state index is 12.2. The first kappa shape index (κ1) is 58.1. The number of aliphatic hydroxyl groups is 1. The van der Waals surface area contributed by atoms with Gasteiger partial charge < -0.3 is 66.7 Å². The molecular weight excluding hydrogens is 921 g/mol. The fourth-order valence-electron chi connectivity index (χ4n) is 6.56. The molecule has 2 rings (SSSR count). The molecule has 10 atom stereocenters. The van der Waals surface area contributed by atoms with Crippen molar-refractivity contribution >= 4 is 71.3 Å². The summed E-state index contributed by atoms with van der Waals surface area (Å²) < 4.78 is 73.2. The standard InChI is InChI=1S/C42H64O22S2/c1-10-13-52-21-42(20-43,22-53-14-11-16-65-40-38(61-30(8)50)36(59-28(6)48)34(57-26(4)46)32(63-40)18-55-24(2)44)23-54-15-12-17-66-41-39(62-31(9)51)37(60-29(7)49)35(58-27(5)47)33(64-41)19-56-25(3)45/h10,32-41,43H,1,11-23H2,2-9H3/t32-,33-,34-,35-,36+,37+,38+,39+,40-,41-/m1/s1. The van der Waals surface area contributed by atoms with Crippen LogP contribution in [0.15, 0.2) is 12.7 Å². The van der Waals surface area contributed by atoms with Crippen LogP contribution in [-0.4, -0.2) is 184 Å². The van der Waals surface area contributed by atoms with Crippen LogP contribution in [0.3, 0.4) is 0 Å². The number of thioether (sulfide) groups is 2. The van der Waals surface area contributed by atoms with E-state index in [-0.39, 0.29) is 59.5 Å². The lowest BCUT2D eigenvalue weighted by molar-refractivity contribution is -0.237. The van der Waals surface area contributed by atoms with E-state index in [2.05, 4.69) is 6.58 Å². The third-order valence-corrected chi connectivity index (χ3v) is 11.6. The zero-order valence-corrected chi connectivity index (χ0v) is 40.2. The lowest BCUT2D eigenvalue weighted by Gasteiger charge is -2.44. The van der Waals surface area contributed by atoms with Gasteiger partial charge in [0, 0.05) is 68.6 Å². The summed E-state index contributed by atoms with van der Waals surface area (Å²) in [5, 5.41) is 10.6. The second kappa shape index (κ2) is 30.4. The number of ether oxygens (including phenoxy) is 13. The summed E-state index contributed by atoms with van der Waals surface area (Å²) in [5.41, 5.74) is -2.90. The Morgan fingerprint density at radius 2 is 0.848 bits per heavy atom. The van der Waals surface area contributed by atoms with E-state index in [9.17, 15) is 43.5 Å². The molecule has 22 nitrogen and oxygen atoms in total. The average molecular weight is 985 g/mol. The lowest BCUT2D eigenvalue weighted by Crippen LogP contribution is -2.61. The topological polar surface area (TPSA) is 277 Å². The Hall–Kier alpha value is -4.04. The van der Waals surface area contributed by atoms with Gasteiger partial charge in [0.25, 0.3) is 0 Å². The molecule has 0 amide bonds. The predicted molar refractivity (Wildman–Crippen MR) is 230 cm³/mol. The molecule has 2 saturated heterocycles. The van der Waals surface area contributed by atoms with Gasteiger partial charge in [-0.05, 0) is 24.3 Å². The first-order valence-corrected chi connectivity index (χ1v) is 23.1. The van der Waals surface area contributed by atoms with E-state index in [4.69, 9.17) is 61.6 Å². The molecular formula is C42H64O22S2. The summed E-state index contributed by atoms with van der Waals surface area (Å²) in [6, 6.07) is 0. The lowest BCUT2D eigenvalue weighted by atomic mass is 9.92. The molecule has 0 aromatic heterocycles. The monoisotopic (exact) mass is 984 g/mol. The minimum atomic E-state index is -1.29. The molecule has 2 heterocycles. The highest BCUT2D eigenvalue weighted by Crippen LogP contribution is 2.36. The summed E-state index contributed by atoms with van der Waals surface area (Å²) in [6.07, 6.45) is -7.29. The van der Waals surface area contributed by atoms with Crippen LogP contribution in [0.1, 0.15) is 68.2 Å². The second-order valence-corrected chi connectivity index (χ2v) is 17.6. The van der Waals surface area contributed by atoms with Gasteiger partial charge in [-0.3, -0.25) is 38.4 Å². The Balaban J connectivity index is 2.08. The van der Waals surface area contributed by atoms with Crippen LogP contribution < -0.4 is 0 Å². The zero-order chi connectivity index (χ0) is 49.4. The van der Waals surface area contributed by atoms with Gasteiger partial charge in [0.15, 0.2) is 36.6 Å². The molecule has 0 radical (unpaired) electrons. The van der Waals surface area contributed by atoms with Crippen molar-refractivity contribution in [3.63, 3.8) is 0 Å². The maximum Gasteiger partial charge on any atom is 0.303 e. The summed E-state index contributed by atoms with van der Waals surface area (Å²) in [5.74, 6) is -4.91. The molecule has 0 saturated carbocycles. The van der Waals surface area contributed by atoms with Crippen LogP contribution in [-0.2, 0) is 99.9 Å². The Morgan fingerprint density at radius 3 is 1.17 bits per heavy atom. The molecule has 0 aliphatic carbocycles. The molecule has 2 fully saturated rings. The SMILES string of the molecule is C=CCOCC(CO)(COCCCS[C@H]1O[C@H](COC(C)=O)[C@@H](OC(C)=O)[C@H](OC(C)=O)[C@@H]1OC(C)=O)COCCCS[C@H]1O[C@H](COC(C)=O)[C@@H](OC(C)=O)[C@H](OC(C)=O)[C@@H]1OC(C)=O. The Labute approximate surface area is 392 Å². The molecule has 24 heteroatoms. The predicted octanol–water partition coefficient (Wildman–Crippen LogP) is 1.61. The Bertz CT molecular complexity index is 1510. The van der Waals surface area contributed by atoms with Crippen molar-refractivity contribution in [1.82, 2.24) is 0 Å². The molecule has 0 spiro atoms. The minimum Gasteiger partial charge on any atom is -0.463 e. The van der Waals surface area contributed by atoms with Crippen molar-refractivity contribution in [2.24, 2.45) is 5.41 Å². The van der Waals surface area contributed by atoms with E-state index in [0.29, 0.717) is 24.3 Å². The summed E-state index contributed by atoms with van der Waals surface area (Å²) in [7, 11) is 0. The third kappa shape index (κ3) is 21.3. The Kier molecular flexibility index (Phi) is 26.7. The smallest absolute Gasteiger partial charge is 0.303 e. The van der Waals surface area contributed by atoms with Crippen molar-refractivity contribution < 1.29 is 105 Å². The zero-order valence-electron chi connectivity index (χ0n) is 38.6. The van der Waals surface area contributed by atoms with E-state index in [1.807, 2.05) is 0 Å². The van der Waals surface area contributed by atoms with Crippen LogP contribution in [0.25, 0.3) is 0 Å². The van der Waals surface area contributed by atoms with Crippen LogP contribution in [0.4, 0.5) is 0 Å². The van der Waals surface area contributed by atoms with Crippen LogP contribution >= 0.6 is 23.5 Å². The highest BCUT2D eigenvalue weighted by Gasteiger charge is 2.53. The third-order valence-electron chi connectivity index (χ3n) is 9.12. The minimum absolute atomic E-state index is 0.0177. The summed E-state index contributed by atoms with van der Waals surface area (Å²) in [4.78, 5) is 96.0. The molecule has 2 aliphatic rings. The van der Waals surface area contributed by atoms with Crippen LogP contribution in [0, 0.1) is 5.41 Å². The van der Waals surface area contributed by atoms with Crippen LogP contribution in [0.2, 0.25) is 0 Å². The van der Waals surface area contributed by atoms with Crippen molar-refractivity contribution in [3.05, 3.63) is 12.7 Å². The number of carbonyl (C=O) groups excluding carboxylic acids is 8. The highest BCUT2D eigenvalue weighted by molar-refractivity contribution is 8.00. The summed E-state index contributed by atoms with van der Waals surface area (Å²) in [6.45, 7) is 12.5. The highest BCUT2D eigenvalue weighted by atomic mass is 32.2. The van der Waals surface area contributed by atoms with Gasteiger partial charge in [-0.15, -0.1) is 30.1 Å². The molecule has 66 heavy (non-hydrogen) atoms. The fourth-order valence-corrected chi connectivity index (χ4v) is 8.84. The molecule has 0 aromatic carbocycles. The number of esters is 8. The Morgan fingerprint density at radius 1 is 0.515 bits per heavy atom. The molecule has 2 aliphatic heterocycles. The normalized spacial score (nSPS) is 25.0.